The summed E-state index contributed by atoms with van der Waals surface area (Å²) in [5, 5.41) is 8.91. The van der Waals surface area contributed by atoms with Gasteiger partial charge in [-0.25, -0.2) is 0 Å². The van der Waals surface area contributed by atoms with Gasteiger partial charge in [-0.15, -0.1) is 24.8 Å². The third-order valence-electron chi connectivity index (χ3n) is 4.72. The molecule has 0 saturated carbocycles. The van der Waals surface area contributed by atoms with Crippen molar-refractivity contribution in [1.29, 1.82) is 0 Å². The Morgan fingerprint density at radius 2 is 2.04 bits per heavy atom. The molecule has 0 radical (unpaired) electrons. The monoisotopic (exact) mass is 432 g/mol. The van der Waals surface area contributed by atoms with Crippen molar-refractivity contribution in [3.05, 3.63) is 24.3 Å². The molecule has 1 aromatic rings. The van der Waals surface area contributed by atoms with Crippen molar-refractivity contribution in [2.45, 2.75) is 38.3 Å². The SMILES string of the molecule is CC(CC(=O)Nc1cccc(N2CCCC2)c1)NC(=O)C1COCCN1.Cl.Cl. The van der Waals surface area contributed by atoms with Crippen LogP contribution < -0.4 is 20.9 Å². The van der Waals surface area contributed by atoms with Crippen molar-refractivity contribution in [3.63, 3.8) is 0 Å². The first-order valence-electron chi connectivity index (χ1n) is 9.38. The van der Waals surface area contributed by atoms with Crippen molar-refractivity contribution in [3.8, 4) is 0 Å². The standard InChI is InChI=1S/C19H28N4O3.2ClH/c1-14(21-19(25)17-13-26-10-7-20-17)11-18(24)22-15-5-4-6-16(12-15)23-8-2-3-9-23;;/h4-6,12,14,17,20H,2-3,7-11,13H2,1H3,(H,21,25)(H,22,24);2*1H. The second kappa shape index (κ2) is 12.1. The summed E-state index contributed by atoms with van der Waals surface area (Å²) in [6, 6.07) is 7.35. The molecule has 2 unspecified atom stereocenters. The summed E-state index contributed by atoms with van der Waals surface area (Å²) in [5.41, 5.74) is 1.94. The number of anilines is 2. The van der Waals surface area contributed by atoms with E-state index in [1.165, 1.54) is 12.8 Å². The van der Waals surface area contributed by atoms with Crippen LogP contribution in [0.1, 0.15) is 26.2 Å². The van der Waals surface area contributed by atoms with E-state index in [9.17, 15) is 9.59 Å². The van der Waals surface area contributed by atoms with Crippen LogP contribution in [0.15, 0.2) is 24.3 Å². The average Bonchev–Trinajstić information content (AvgIpc) is 3.17. The van der Waals surface area contributed by atoms with Crippen LogP contribution in [-0.4, -0.2) is 56.7 Å². The minimum Gasteiger partial charge on any atom is -0.378 e. The van der Waals surface area contributed by atoms with Gasteiger partial charge in [0.2, 0.25) is 11.8 Å². The summed E-state index contributed by atoms with van der Waals surface area (Å²) in [7, 11) is 0. The number of ether oxygens (including phenoxy) is 1. The fourth-order valence-corrected chi connectivity index (χ4v) is 3.37. The largest absolute Gasteiger partial charge is 0.378 e. The van der Waals surface area contributed by atoms with Gasteiger partial charge in [-0.2, -0.15) is 0 Å². The van der Waals surface area contributed by atoms with E-state index < -0.39 is 0 Å². The molecule has 2 atom stereocenters. The lowest BCUT2D eigenvalue weighted by atomic mass is 10.2. The first-order chi connectivity index (χ1) is 12.6. The number of benzene rings is 1. The van der Waals surface area contributed by atoms with Crippen LogP contribution >= 0.6 is 24.8 Å². The Balaban J connectivity index is 0.00000196. The van der Waals surface area contributed by atoms with Crippen LogP contribution in [-0.2, 0) is 14.3 Å². The van der Waals surface area contributed by atoms with Crippen molar-refractivity contribution < 1.29 is 14.3 Å². The molecule has 9 heteroatoms. The van der Waals surface area contributed by atoms with E-state index in [4.69, 9.17) is 4.74 Å². The van der Waals surface area contributed by atoms with Gasteiger partial charge in [0.1, 0.15) is 6.04 Å². The van der Waals surface area contributed by atoms with Crippen LogP contribution in [0, 0.1) is 0 Å². The van der Waals surface area contributed by atoms with Gasteiger partial charge in [0.15, 0.2) is 0 Å². The van der Waals surface area contributed by atoms with Gasteiger partial charge in [-0.05, 0) is 38.0 Å². The molecule has 0 aromatic heterocycles. The second-order valence-corrected chi connectivity index (χ2v) is 6.99. The maximum atomic E-state index is 12.3. The highest BCUT2D eigenvalue weighted by Gasteiger charge is 2.23. The molecule has 2 aliphatic heterocycles. The Kier molecular flexibility index (Phi) is 10.6. The number of nitrogens with one attached hydrogen (secondary N) is 3. The molecule has 28 heavy (non-hydrogen) atoms. The minimum atomic E-state index is -0.341. The smallest absolute Gasteiger partial charge is 0.239 e. The van der Waals surface area contributed by atoms with Crippen molar-refractivity contribution in [2.24, 2.45) is 0 Å². The molecule has 2 heterocycles. The molecule has 1 aromatic carbocycles. The molecule has 2 saturated heterocycles. The summed E-state index contributed by atoms with van der Waals surface area (Å²) in [6.45, 7) is 5.63. The van der Waals surface area contributed by atoms with Crippen molar-refractivity contribution in [1.82, 2.24) is 10.6 Å². The molecule has 2 fully saturated rings. The molecule has 7 nitrogen and oxygen atoms in total. The van der Waals surface area contributed by atoms with E-state index in [0.717, 1.165) is 24.5 Å². The van der Waals surface area contributed by atoms with Gasteiger partial charge >= 0.3 is 0 Å². The number of nitrogens with zero attached hydrogens (tertiary/aromatic N) is 1. The summed E-state index contributed by atoms with van der Waals surface area (Å²) in [5.74, 6) is -0.231. The number of carbonyl (C=O) groups is 2. The average molecular weight is 433 g/mol. The zero-order valence-corrected chi connectivity index (χ0v) is 17.7. The van der Waals surface area contributed by atoms with Gasteiger partial charge in [0, 0.05) is 43.5 Å². The molecular formula is C19H30Cl2N4O3. The quantitative estimate of drug-likeness (QED) is 0.639. The van der Waals surface area contributed by atoms with E-state index in [0.29, 0.717) is 19.8 Å². The van der Waals surface area contributed by atoms with Gasteiger partial charge < -0.3 is 25.6 Å². The highest BCUT2D eigenvalue weighted by atomic mass is 35.5. The fourth-order valence-electron chi connectivity index (χ4n) is 3.37. The third-order valence-corrected chi connectivity index (χ3v) is 4.72. The maximum Gasteiger partial charge on any atom is 0.239 e. The minimum absolute atomic E-state index is 0. The highest BCUT2D eigenvalue weighted by molar-refractivity contribution is 5.92. The lowest BCUT2D eigenvalue weighted by Crippen LogP contribution is -2.53. The maximum absolute atomic E-state index is 12.3. The Morgan fingerprint density at radius 1 is 1.29 bits per heavy atom. The van der Waals surface area contributed by atoms with E-state index in [2.05, 4.69) is 26.9 Å². The zero-order valence-electron chi connectivity index (χ0n) is 16.1. The van der Waals surface area contributed by atoms with E-state index >= 15 is 0 Å². The summed E-state index contributed by atoms with van der Waals surface area (Å²) in [6.07, 6.45) is 2.66. The van der Waals surface area contributed by atoms with E-state index in [-0.39, 0.29) is 55.1 Å². The molecule has 158 valence electrons. The zero-order chi connectivity index (χ0) is 18.4. The number of halogens is 2. The molecule has 3 rings (SSSR count). The molecule has 0 bridgehead atoms. The topological polar surface area (TPSA) is 82.7 Å². The van der Waals surface area contributed by atoms with Crippen molar-refractivity contribution >= 4 is 48.0 Å². The Labute approximate surface area is 178 Å². The molecule has 3 N–H and O–H groups in total. The molecular weight excluding hydrogens is 403 g/mol. The Morgan fingerprint density at radius 3 is 2.71 bits per heavy atom. The number of morpholine rings is 1. The second-order valence-electron chi connectivity index (χ2n) is 6.99. The third kappa shape index (κ3) is 7.13. The molecule has 2 amide bonds. The lowest BCUT2D eigenvalue weighted by molar-refractivity contribution is -0.126. The van der Waals surface area contributed by atoms with Gasteiger partial charge in [-0.3, -0.25) is 9.59 Å². The van der Waals surface area contributed by atoms with Crippen LogP contribution in [0.4, 0.5) is 11.4 Å². The van der Waals surface area contributed by atoms with E-state index in [1.54, 1.807) is 0 Å². The van der Waals surface area contributed by atoms with Crippen LogP contribution in [0.5, 0.6) is 0 Å². The number of amides is 2. The predicted molar refractivity (Wildman–Crippen MR) is 116 cm³/mol. The first-order valence-corrected chi connectivity index (χ1v) is 9.38. The normalized spacial score (nSPS) is 19.8. The van der Waals surface area contributed by atoms with Gasteiger partial charge in [0.05, 0.1) is 13.2 Å². The fraction of sp³-hybridized carbons (Fsp3) is 0.579. The van der Waals surface area contributed by atoms with Gasteiger partial charge in [0.25, 0.3) is 0 Å². The van der Waals surface area contributed by atoms with Crippen LogP contribution in [0.2, 0.25) is 0 Å². The number of rotatable bonds is 6. The summed E-state index contributed by atoms with van der Waals surface area (Å²) >= 11 is 0. The number of hydrogen-bond acceptors (Lipinski definition) is 5. The van der Waals surface area contributed by atoms with Gasteiger partial charge in [-0.1, -0.05) is 6.07 Å². The predicted octanol–water partition coefficient (Wildman–Crippen LogP) is 1.95. The van der Waals surface area contributed by atoms with Crippen LogP contribution in [0.3, 0.4) is 0 Å². The lowest BCUT2D eigenvalue weighted by Gasteiger charge is -2.24. The summed E-state index contributed by atoms with van der Waals surface area (Å²) in [4.78, 5) is 26.8. The number of hydrogen-bond donors (Lipinski definition) is 3. The molecule has 2 aliphatic rings. The summed E-state index contributed by atoms with van der Waals surface area (Å²) < 4.78 is 5.29. The highest BCUT2D eigenvalue weighted by Crippen LogP contribution is 2.23. The number of carbonyl (C=O) groups excluding carboxylic acids is 2. The Hall–Kier alpha value is -1.54. The first kappa shape index (κ1) is 24.5. The Bertz CT molecular complexity index is 635. The van der Waals surface area contributed by atoms with E-state index in [1.807, 2.05) is 25.1 Å². The van der Waals surface area contributed by atoms with Crippen LogP contribution in [0.25, 0.3) is 0 Å². The molecule has 0 spiro atoms. The van der Waals surface area contributed by atoms with Crippen molar-refractivity contribution in [2.75, 3.05) is 43.1 Å². The molecule has 0 aliphatic carbocycles.